The molecule has 5 atom stereocenters. The van der Waals surface area contributed by atoms with E-state index in [4.69, 9.17) is 11.5 Å². The molecule has 0 radical (unpaired) electrons. The lowest BCUT2D eigenvalue weighted by atomic mass is 9.92. The fraction of sp³-hybridized carbons (Fsp3) is 0.450. The fourth-order valence-electron chi connectivity index (χ4n) is 6.24. The fourth-order valence-corrected chi connectivity index (χ4v) is 7.35. The molecule has 0 aliphatic heterocycles. The van der Waals surface area contributed by atoms with Crippen molar-refractivity contribution in [3.8, 4) is 0 Å². The third-order valence-corrected chi connectivity index (χ3v) is 10.8. The van der Waals surface area contributed by atoms with Crippen LogP contribution >= 0.6 is 22.7 Å². The number of anilines is 2. The Bertz CT molecular complexity index is 1890. The number of hydrogen-bond donors (Lipinski definition) is 7. The van der Waals surface area contributed by atoms with Crippen LogP contribution in [0.5, 0.6) is 0 Å². The number of urea groups is 2. The Balaban J connectivity index is 1.52. The van der Waals surface area contributed by atoms with Crippen molar-refractivity contribution in [2.24, 2.45) is 11.8 Å². The molecule has 0 aliphatic rings. The van der Waals surface area contributed by atoms with Crippen LogP contribution in [0.2, 0.25) is 0 Å². The molecule has 2 heterocycles. The van der Waals surface area contributed by atoms with E-state index in [1.807, 2.05) is 88.4 Å². The summed E-state index contributed by atoms with van der Waals surface area (Å²) in [7, 11) is 3.22. The highest BCUT2D eigenvalue weighted by molar-refractivity contribution is 7.13. The number of nitrogen functional groups attached to an aromatic ring is 2. The molecule has 4 aromatic rings. The number of nitrogens with zero attached hydrogens (tertiary/aromatic N) is 4. The van der Waals surface area contributed by atoms with E-state index in [0.29, 0.717) is 28.1 Å². The molecule has 0 bridgehead atoms. The minimum Gasteiger partial charge on any atom is -0.391 e. The van der Waals surface area contributed by atoms with Crippen LogP contribution in [0.25, 0.3) is 0 Å². The quantitative estimate of drug-likeness (QED) is 0.0726. The zero-order valence-electron chi connectivity index (χ0n) is 33.3. The second-order valence-corrected chi connectivity index (χ2v) is 16.7. The predicted molar refractivity (Wildman–Crippen MR) is 225 cm³/mol. The number of rotatable bonds is 19. The Labute approximate surface area is 342 Å². The molecule has 9 N–H and O–H groups in total. The summed E-state index contributed by atoms with van der Waals surface area (Å²) in [6, 6.07) is 14.9. The van der Waals surface area contributed by atoms with Crippen molar-refractivity contribution in [3.05, 3.63) is 93.9 Å². The van der Waals surface area contributed by atoms with Gasteiger partial charge in [-0.1, -0.05) is 88.4 Å². The average Bonchev–Trinajstić information content (AvgIpc) is 3.78. The van der Waals surface area contributed by atoms with E-state index in [2.05, 4.69) is 31.2 Å². The second-order valence-electron chi connectivity index (χ2n) is 14.9. The van der Waals surface area contributed by atoms with E-state index >= 15 is 0 Å². The standard InChI is InChI=1S/C40H56N10O5S2/c1-24(2)33(47-39(54)49(5)20-29-22-56-37(41)44-29)35(52)43-28(17-26-13-9-7-10-14-26)19-32(51)31(18-27-15-11-8-12-16-27)46-36(53)34(25(3)4)48-40(55)50(6)21-30-23-57-38(42)45-30/h7-16,22-25,28,31-34,51H,17-21H2,1-6H3,(H2,41,44)(H2,42,45)(H,43,52)(H,46,53)(H,47,54)(H,48,55)/t28-,31-,32-,33-,34-/m0/s1. The molecule has 15 nitrogen and oxygen atoms in total. The van der Waals surface area contributed by atoms with Crippen molar-refractivity contribution in [1.29, 1.82) is 0 Å². The number of aromatic nitrogens is 2. The number of carbonyl (C=O) groups is 4. The third kappa shape index (κ3) is 14.0. The SMILES string of the molecule is CC(C)[C@H](NC(=O)N(C)Cc1csc(N)n1)C(=O)N[C@@H](Cc1ccccc1)C[C@H](O)[C@H](Cc1ccccc1)NC(=O)[C@@H](NC(=O)N(C)Cc1csc(N)n1)C(C)C. The lowest BCUT2D eigenvalue weighted by Crippen LogP contribution is -2.58. The van der Waals surface area contributed by atoms with Crippen molar-refractivity contribution in [2.45, 2.75) is 90.3 Å². The van der Waals surface area contributed by atoms with Crippen LogP contribution in [0.1, 0.15) is 56.6 Å². The molecule has 57 heavy (non-hydrogen) atoms. The van der Waals surface area contributed by atoms with Crippen LogP contribution in [0, 0.1) is 11.8 Å². The van der Waals surface area contributed by atoms with Gasteiger partial charge in [0, 0.05) is 30.9 Å². The molecule has 4 rings (SSSR count). The summed E-state index contributed by atoms with van der Waals surface area (Å²) < 4.78 is 0. The van der Waals surface area contributed by atoms with Gasteiger partial charge in [-0.3, -0.25) is 9.59 Å². The molecular weight excluding hydrogens is 765 g/mol. The average molecular weight is 821 g/mol. The molecule has 0 saturated heterocycles. The molecule has 2 aromatic carbocycles. The molecule has 0 unspecified atom stereocenters. The molecule has 17 heteroatoms. The van der Waals surface area contributed by atoms with E-state index in [-0.39, 0.29) is 37.8 Å². The van der Waals surface area contributed by atoms with E-state index in [9.17, 15) is 24.3 Å². The molecule has 0 fully saturated rings. The number of amides is 6. The van der Waals surface area contributed by atoms with Crippen molar-refractivity contribution < 1.29 is 24.3 Å². The van der Waals surface area contributed by atoms with Crippen LogP contribution in [-0.2, 0) is 35.5 Å². The Hall–Kier alpha value is -5.26. The molecule has 0 aliphatic carbocycles. The normalized spacial score (nSPS) is 13.9. The minimum absolute atomic E-state index is 0.0700. The number of benzene rings is 2. The predicted octanol–water partition coefficient (Wildman–Crippen LogP) is 4.00. The Morgan fingerprint density at radius 1 is 0.667 bits per heavy atom. The first-order valence-corrected chi connectivity index (χ1v) is 20.6. The van der Waals surface area contributed by atoms with Crippen molar-refractivity contribution in [3.63, 3.8) is 0 Å². The maximum Gasteiger partial charge on any atom is 0.318 e. The van der Waals surface area contributed by atoms with Gasteiger partial charge in [0.1, 0.15) is 12.1 Å². The second kappa shape index (κ2) is 21.3. The van der Waals surface area contributed by atoms with Crippen molar-refractivity contribution >= 4 is 56.8 Å². The third-order valence-electron chi connectivity index (χ3n) is 9.37. The summed E-state index contributed by atoms with van der Waals surface area (Å²) in [6.45, 7) is 7.76. The Morgan fingerprint density at radius 3 is 1.49 bits per heavy atom. The van der Waals surface area contributed by atoms with Gasteiger partial charge in [-0.05, 0) is 42.2 Å². The van der Waals surface area contributed by atoms with Crippen LogP contribution in [0.4, 0.5) is 19.9 Å². The van der Waals surface area contributed by atoms with E-state index in [1.54, 1.807) is 24.9 Å². The topological polar surface area (TPSA) is 221 Å². The van der Waals surface area contributed by atoms with Gasteiger partial charge in [0.25, 0.3) is 0 Å². The largest absolute Gasteiger partial charge is 0.391 e. The summed E-state index contributed by atoms with van der Waals surface area (Å²) in [5.74, 6) is -1.43. The molecular formula is C40H56N10O5S2. The Kier molecular flexibility index (Phi) is 16.6. The zero-order valence-corrected chi connectivity index (χ0v) is 35.0. The molecule has 0 spiro atoms. The van der Waals surface area contributed by atoms with Gasteiger partial charge < -0.3 is 47.6 Å². The maximum absolute atomic E-state index is 14.0. The molecule has 6 amide bonds. The first kappa shape index (κ1) is 44.5. The number of hydrogen-bond acceptors (Lipinski definition) is 11. The summed E-state index contributed by atoms with van der Waals surface area (Å²) >= 11 is 2.56. The summed E-state index contributed by atoms with van der Waals surface area (Å²) in [6.07, 6.45) is -0.402. The van der Waals surface area contributed by atoms with E-state index < -0.39 is 54.1 Å². The van der Waals surface area contributed by atoms with Crippen molar-refractivity contribution in [2.75, 3.05) is 25.6 Å². The highest BCUT2D eigenvalue weighted by atomic mass is 32.1. The summed E-state index contributed by atoms with van der Waals surface area (Å²) in [5.41, 5.74) is 14.6. The highest BCUT2D eigenvalue weighted by Gasteiger charge is 2.33. The van der Waals surface area contributed by atoms with Gasteiger partial charge in [-0.25, -0.2) is 19.6 Å². The van der Waals surface area contributed by atoms with Crippen molar-refractivity contribution in [1.82, 2.24) is 41.0 Å². The monoisotopic (exact) mass is 820 g/mol. The van der Waals surface area contributed by atoms with Crippen LogP contribution < -0.4 is 32.7 Å². The lowest BCUT2D eigenvalue weighted by molar-refractivity contribution is -0.126. The number of nitrogens with two attached hydrogens (primary N) is 2. The molecule has 308 valence electrons. The summed E-state index contributed by atoms with van der Waals surface area (Å²) in [5, 5.41) is 28.2. The number of aliphatic hydroxyl groups is 1. The van der Waals surface area contributed by atoms with Gasteiger partial charge in [-0.2, -0.15) is 0 Å². The first-order valence-electron chi connectivity index (χ1n) is 18.9. The molecule has 0 saturated carbocycles. The van der Waals surface area contributed by atoms with E-state index in [0.717, 1.165) is 11.1 Å². The van der Waals surface area contributed by atoms with Crippen LogP contribution in [0.3, 0.4) is 0 Å². The van der Waals surface area contributed by atoms with Crippen LogP contribution in [-0.4, -0.2) is 93.1 Å². The van der Waals surface area contributed by atoms with Crippen LogP contribution in [0.15, 0.2) is 71.4 Å². The smallest absolute Gasteiger partial charge is 0.318 e. The number of nitrogens with one attached hydrogen (secondary N) is 4. The highest BCUT2D eigenvalue weighted by Crippen LogP contribution is 2.18. The van der Waals surface area contributed by atoms with E-state index in [1.165, 1.54) is 32.5 Å². The van der Waals surface area contributed by atoms with Gasteiger partial charge >= 0.3 is 12.1 Å². The van der Waals surface area contributed by atoms with Gasteiger partial charge in [0.15, 0.2) is 10.3 Å². The number of carbonyl (C=O) groups excluding carboxylic acids is 4. The molecule has 2 aromatic heterocycles. The number of thiazole rings is 2. The zero-order chi connectivity index (χ0) is 41.6. The van der Waals surface area contributed by atoms with Gasteiger partial charge in [0.2, 0.25) is 11.8 Å². The maximum atomic E-state index is 14.0. The minimum atomic E-state index is -1.13. The van der Waals surface area contributed by atoms with Gasteiger partial charge in [0.05, 0.1) is 36.6 Å². The number of aliphatic hydroxyl groups excluding tert-OH is 1. The van der Waals surface area contributed by atoms with Gasteiger partial charge in [-0.15, -0.1) is 22.7 Å². The summed E-state index contributed by atoms with van der Waals surface area (Å²) in [4.78, 5) is 65.8. The Morgan fingerprint density at radius 2 is 1.09 bits per heavy atom. The first-order chi connectivity index (χ1) is 27.1. The lowest BCUT2D eigenvalue weighted by Gasteiger charge is -2.32.